The summed E-state index contributed by atoms with van der Waals surface area (Å²) in [6.07, 6.45) is 8.06. The second kappa shape index (κ2) is 14.6. The van der Waals surface area contributed by atoms with E-state index in [1.54, 1.807) is 27.7 Å². The molecule has 0 spiro atoms. The monoisotopic (exact) mass is 382 g/mol. The minimum absolute atomic E-state index is 0.246. The van der Waals surface area contributed by atoms with Gasteiger partial charge in [-0.2, -0.15) is 33.4 Å². The van der Waals surface area contributed by atoms with Crippen molar-refractivity contribution in [2.75, 3.05) is 5.75 Å². The summed E-state index contributed by atoms with van der Waals surface area (Å²) in [6.45, 7) is 8.77. The molecule has 1 atom stereocenters. The van der Waals surface area contributed by atoms with Crippen LogP contribution in [0.2, 0.25) is 0 Å². The van der Waals surface area contributed by atoms with Crippen molar-refractivity contribution in [2.45, 2.75) is 90.6 Å². The summed E-state index contributed by atoms with van der Waals surface area (Å²) in [5, 5.41) is 33.4. The van der Waals surface area contributed by atoms with Gasteiger partial charge in [-0.15, -0.1) is 0 Å². The Kier molecular flexibility index (Phi) is 14.9. The molecule has 0 aromatic carbocycles. The van der Waals surface area contributed by atoms with Gasteiger partial charge in [-0.1, -0.05) is 45.4 Å². The number of thiol groups is 1. The lowest BCUT2D eigenvalue weighted by atomic mass is 10.0. The van der Waals surface area contributed by atoms with Crippen LogP contribution in [-0.2, 0) is 4.79 Å². The highest BCUT2D eigenvalue weighted by atomic mass is 32.1. The lowest BCUT2D eigenvalue weighted by Crippen LogP contribution is -2.17. The van der Waals surface area contributed by atoms with Crippen LogP contribution < -0.4 is 0 Å². The fraction of sp³-hybridized carbons (Fsp3) is 0.842. The third-order valence-corrected chi connectivity index (χ3v) is 4.01. The summed E-state index contributed by atoms with van der Waals surface area (Å²) in [5.74, 6) is -0.484. The Balaban J connectivity index is 0. The number of carboxylic acid groups (broad SMARTS) is 1. The molecule has 148 valence electrons. The minimum atomic E-state index is -0.839. The van der Waals surface area contributed by atoms with Gasteiger partial charge in [0.2, 0.25) is 0 Å². The topological polar surface area (TPSA) is 110 Å². The van der Waals surface area contributed by atoms with Crippen molar-refractivity contribution in [3.63, 3.8) is 0 Å². The first-order valence-corrected chi connectivity index (χ1v) is 9.78. The molecule has 6 nitrogen and oxygen atoms in total. The first-order chi connectivity index (χ1) is 12.0. The van der Waals surface area contributed by atoms with Crippen molar-refractivity contribution >= 4 is 18.6 Å². The number of hydrogen-bond acceptors (Lipinski definition) is 6. The molecule has 0 bridgehead atoms. The van der Waals surface area contributed by atoms with E-state index in [1.807, 2.05) is 12.1 Å². The Hall–Kier alpha value is -1.60. The lowest BCUT2D eigenvalue weighted by molar-refractivity contribution is -0.141. The number of carbonyl (C=O) groups is 1. The largest absolute Gasteiger partial charge is 0.481 e. The molecule has 0 aromatic heterocycles. The zero-order valence-corrected chi connectivity index (χ0v) is 17.7. The fourth-order valence-corrected chi connectivity index (χ4v) is 2.10. The molecular weight excluding hydrogens is 348 g/mol. The Bertz CT molecular complexity index is 477. The highest BCUT2D eigenvalue weighted by Crippen LogP contribution is 2.14. The van der Waals surface area contributed by atoms with E-state index in [0.717, 1.165) is 19.3 Å². The highest BCUT2D eigenvalue weighted by Gasteiger charge is 2.19. The van der Waals surface area contributed by atoms with Crippen molar-refractivity contribution in [1.82, 2.24) is 0 Å². The maximum absolute atomic E-state index is 10.6. The normalized spacial score (nSPS) is 12.6. The Morgan fingerprint density at radius 2 is 1.42 bits per heavy atom. The fourth-order valence-electron chi connectivity index (χ4n) is 1.76. The molecule has 0 heterocycles. The predicted octanol–water partition coefficient (Wildman–Crippen LogP) is 5.41. The maximum Gasteiger partial charge on any atom is 0.307 e. The average Bonchev–Trinajstić information content (AvgIpc) is 2.60. The van der Waals surface area contributed by atoms with Crippen LogP contribution in [0.3, 0.4) is 0 Å². The SMILES string of the molecule is CC(C)(C#N)/N=N/C(C)(C)C#N.CCCCCCCCC(CS)C(=O)O. The number of rotatable bonds is 11. The molecule has 1 unspecified atom stereocenters. The summed E-state index contributed by atoms with van der Waals surface area (Å²) in [7, 11) is 0. The van der Waals surface area contributed by atoms with Crippen LogP contribution in [0.5, 0.6) is 0 Å². The predicted molar refractivity (Wildman–Crippen MR) is 107 cm³/mol. The van der Waals surface area contributed by atoms with Crippen LogP contribution in [0, 0.1) is 28.6 Å². The molecule has 0 aromatic rings. The molecule has 1 N–H and O–H groups in total. The van der Waals surface area contributed by atoms with E-state index in [2.05, 4.69) is 29.8 Å². The standard InChI is InChI=1S/C11H22O2S.C8H12N4/c1-2-3-4-5-6-7-8-10(9-14)11(12)13;1-7(2,5-9)11-12-8(3,4)6-10/h10,14H,2-9H2,1H3,(H,12,13);1-4H3/b;12-11+. The Morgan fingerprint density at radius 1 is 1.00 bits per heavy atom. The van der Waals surface area contributed by atoms with Crippen molar-refractivity contribution in [2.24, 2.45) is 16.1 Å². The number of nitrogens with zero attached hydrogens (tertiary/aromatic N) is 4. The zero-order chi connectivity index (χ0) is 20.6. The van der Waals surface area contributed by atoms with Crippen molar-refractivity contribution in [3.05, 3.63) is 0 Å². The van der Waals surface area contributed by atoms with Crippen molar-refractivity contribution in [1.29, 1.82) is 10.5 Å². The van der Waals surface area contributed by atoms with Gasteiger partial charge in [-0.05, 0) is 34.1 Å². The summed E-state index contributed by atoms with van der Waals surface area (Å²) in [5.41, 5.74) is -1.68. The van der Waals surface area contributed by atoms with Crippen LogP contribution in [0.25, 0.3) is 0 Å². The maximum atomic E-state index is 10.6. The van der Waals surface area contributed by atoms with Gasteiger partial charge in [0, 0.05) is 5.75 Å². The van der Waals surface area contributed by atoms with Crippen LogP contribution in [0.15, 0.2) is 10.2 Å². The summed E-state index contributed by atoms with van der Waals surface area (Å²) >= 11 is 4.03. The van der Waals surface area contributed by atoms with Gasteiger partial charge in [0.05, 0.1) is 18.1 Å². The molecule has 26 heavy (non-hydrogen) atoms. The Morgan fingerprint density at radius 3 is 1.77 bits per heavy atom. The lowest BCUT2D eigenvalue weighted by Gasteiger charge is -2.11. The van der Waals surface area contributed by atoms with E-state index >= 15 is 0 Å². The first kappa shape index (κ1) is 26.6. The molecule has 0 radical (unpaired) electrons. The summed E-state index contributed by atoms with van der Waals surface area (Å²) in [6, 6.07) is 3.94. The quantitative estimate of drug-likeness (QED) is 0.283. The van der Waals surface area contributed by atoms with Gasteiger partial charge < -0.3 is 5.11 Å². The van der Waals surface area contributed by atoms with Gasteiger partial charge in [0.25, 0.3) is 0 Å². The van der Waals surface area contributed by atoms with E-state index in [-0.39, 0.29) is 5.92 Å². The third-order valence-electron chi connectivity index (χ3n) is 3.57. The van der Waals surface area contributed by atoms with Gasteiger partial charge in [-0.3, -0.25) is 4.79 Å². The van der Waals surface area contributed by atoms with E-state index in [9.17, 15) is 4.79 Å². The second-order valence-corrected chi connectivity index (χ2v) is 7.68. The number of aliphatic carboxylic acids is 1. The average molecular weight is 383 g/mol. The number of unbranched alkanes of at least 4 members (excludes halogenated alkanes) is 5. The second-order valence-electron chi connectivity index (χ2n) is 7.32. The number of nitriles is 2. The Labute approximate surface area is 164 Å². The highest BCUT2D eigenvalue weighted by molar-refractivity contribution is 7.80. The zero-order valence-electron chi connectivity index (χ0n) is 16.8. The van der Waals surface area contributed by atoms with E-state index in [4.69, 9.17) is 15.6 Å². The van der Waals surface area contributed by atoms with Crippen LogP contribution in [0.1, 0.15) is 79.6 Å². The van der Waals surface area contributed by atoms with E-state index in [0.29, 0.717) is 5.75 Å². The molecule has 0 fully saturated rings. The van der Waals surface area contributed by atoms with E-state index in [1.165, 1.54) is 25.7 Å². The molecule has 0 aliphatic heterocycles. The van der Waals surface area contributed by atoms with Gasteiger partial charge >= 0.3 is 5.97 Å². The van der Waals surface area contributed by atoms with Gasteiger partial charge in [0.1, 0.15) is 0 Å². The molecule has 7 heteroatoms. The van der Waals surface area contributed by atoms with E-state index < -0.39 is 17.0 Å². The smallest absolute Gasteiger partial charge is 0.307 e. The van der Waals surface area contributed by atoms with Gasteiger partial charge in [0.15, 0.2) is 11.1 Å². The molecule has 0 aliphatic rings. The number of carboxylic acids is 1. The molecule has 0 rings (SSSR count). The van der Waals surface area contributed by atoms with Crippen LogP contribution in [0.4, 0.5) is 0 Å². The first-order valence-electron chi connectivity index (χ1n) is 9.15. The molecule has 0 aliphatic carbocycles. The minimum Gasteiger partial charge on any atom is -0.481 e. The van der Waals surface area contributed by atoms with Crippen LogP contribution in [-0.4, -0.2) is 27.9 Å². The van der Waals surface area contributed by atoms with Crippen molar-refractivity contribution < 1.29 is 9.90 Å². The number of hydrogen-bond donors (Lipinski definition) is 2. The molecule has 0 saturated carbocycles. The molecular formula is C19H34N4O2S. The van der Waals surface area contributed by atoms with Gasteiger partial charge in [-0.25, -0.2) is 0 Å². The van der Waals surface area contributed by atoms with Crippen molar-refractivity contribution in [3.8, 4) is 12.1 Å². The van der Waals surface area contributed by atoms with Crippen LogP contribution >= 0.6 is 12.6 Å². The summed E-state index contributed by atoms with van der Waals surface area (Å²) < 4.78 is 0. The third kappa shape index (κ3) is 15.9. The molecule has 0 saturated heterocycles. The molecule has 0 amide bonds. The summed E-state index contributed by atoms with van der Waals surface area (Å²) in [4.78, 5) is 10.6. The number of azo groups is 1.